The molecule has 2 N–H and O–H groups in total. The van der Waals surface area contributed by atoms with E-state index < -0.39 is 41.6 Å². The number of Topliss-reactive ketones (excluding diaryl/α,β-unsaturated/α-hetero) is 1. The van der Waals surface area contributed by atoms with Crippen LogP contribution in [0, 0.1) is 5.82 Å². The lowest BCUT2D eigenvalue weighted by molar-refractivity contribution is 0.0234. The smallest absolute Gasteiger partial charge is 0.185 e. The molecule has 30 heavy (non-hydrogen) atoms. The molecule has 1 aromatic carbocycles. The number of rotatable bonds is 4. The predicted molar refractivity (Wildman–Crippen MR) is 106 cm³/mol. The minimum absolute atomic E-state index is 0.0990. The molecule has 0 unspecified atom stereocenters. The number of aromatic nitrogens is 1. The minimum Gasteiger partial charge on any atom is -0.385 e. The first-order chi connectivity index (χ1) is 14.1. The van der Waals surface area contributed by atoms with Gasteiger partial charge in [-0.2, -0.15) is 0 Å². The summed E-state index contributed by atoms with van der Waals surface area (Å²) < 4.78 is 50.7. The highest BCUT2D eigenvalue weighted by molar-refractivity contribution is 6.30. The van der Waals surface area contributed by atoms with Gasteiger partial charge in [0.1, 0.15) is 22.9 Å². The first-order valence-corrected chi connectivity index (χ1v) is 9.69. The van der Waals surface area contributed by atoms with Crippen LogP contribution in [0.3, 0.4) is 0 Å². The van der Waals surface area contributed by atoms with Gasteiger partial charge < -0.3 is 10.5 Å². The Labute approximate surface area is 176 Å². The molecule has 2 aliphatic heterocycles. The predicted octanol–water partition coefficient (Wildman–Crippen LogP) is 3.72. The third-order valence-corrected chi connectivity index (χ3v) is 5.92. The Bertz CT molecular complexity index is 1040. The van der Waals surface area contributed by atoms with Gasteiger partial charge in [0.05, 0.1) is 18.2 Å². The first-order valence-electron chi connectivity index (χ1n) is 9.31. The highest BCUT2D eigenvalue weighted by Crippen LogP contribution is 2.53. The molecule has 1 fully saturated rings. The highest BCUT2D eigenvalue weighted by Gasteiger charge is 2.65. The lowest BCUT2D eigenvalue weighted by atomic mass is 9.70. The van der Waals surface area contributed by atoms with Crippen molar-refractivity contribution in [3.05, 3.63) is 64.2 Å². The van der Waals surface area contributed by atoms with Crippen LogP contribution in [0.25, 0.3) is 0 Å². The summed E-state index contributed by atoms with van der Waals surface area (Å²) in [6.07, 6.45) is 0.648. The number of halogens is 4. The number of nitrogens with two attached hydrogens (primary N) is 1. The van der Waals surface area contributed by atoms with Gasteiger partial charge in [0.25, 0.3) is 0 Å². The third kappa shape index (κ3) is 3.28. The molecule has 3 heterocycles. The van der Waals surface area contributed by atoms with E-state index in [4.69, 9.17) is 22.1 Å². The van der Waals surface area contributed by atoms with Gasteiger partial charge in [0, 0.05) is 24.6 Å². The number of nitrogens with zero attached hydrogens (tertiary/aromatic N) is 2. The second-order valence-corrected chi connectivity index (χ2v) is 8.40. The van der Waals surface area contributed by atoms with E-state index in [9.17, 15) is 13.6 Å². The van der Waals surface area contributed by atoms with E-state index in [1.165, 1.54) is 30.5 Å². The van der Waals surface area contributed by atoms with Crippen LogP contribution < -0.4 is 5.73 Å². The first kappa shape index (κ1) is 20.8. The number of pyridine rings is 1. The van der Waals surface area contributed by atoms with Crippen LogP contribution in [0.1, 0.15) is 35.0 Å². The third-order valence-electron chi connectivity index (χ3n) is 5.69. The van der Waals surface area contributed by atoms with Gasteiger partial charge in [0.15, 0.2) is 17.1 Å². The van der Waals surface area contributed by atoms with Crippen LogP contribution in [0.5, 0.6) is 0 Å². The molecule has 158 valence electrons. The second kappa shape index (κ2) is 7.06. The van der Waals surface area contributed by atoms with Crippen LogP contribution in [0.15, 0.2) is 41.5 Å². The van der Waals surface area contributed by atoms with Crippen LogP contribution >= 0.6 is 11.6 Å². The summed E-state index contributed by atoms with van der Waals surface area (Å²) in [5, 5.41) is 0.392. The van der Waals surface area contributed by atoms with Crippen molar-refractivity contribution in [2.75, 3.05) is 13.2 Å². The summed E-state index contributed by atoms with van der Waals surface area (Å²) in [5.41, 5.74) is 0.0107. The summed E-state index contributed by atoms with van der Waals surface area (Å²) in [6.45, 7) is 0.424. The maximum absolute atomic E-state index is 15.9. The Hall–Kier alpha value is -2.45. The van der Waals surface area contributed by atoms with Crippen molar-refractivity contribution in [3.63, 3.8) is 0 Å². The Morgan fingerprint density at radius 2 is 2.03 bits per heavy atom. The molecule has 1 saturated heterocycles. The summed E-state index contributed by atoms with van der Waals surface area (Å²) in [5.74, 6) is -1.46. The van der Waals surface area contributed by atoms with Crippen molar-refractivity contribution in [2.45, 2.75) is 36.6 Å². The van der Waals surface area contributed by atoms with Crippen molar-refractivity contribution in [1.82, 2.24) is 4.98 Å². The number of ketones is 1. The number of hydrogen-bond donors (Lipinski definition) is 1. The van der Waals surface area contributed by atoms with Crippen molar-refractivity contribution in [2.24, 2.45) is 10.7 Å². The quantitative estimate of drug-likeness (QED) is 0.739. The van der Waals surface area contributed by atoms with E-state index in [1.807, 2.05) is 0 Å². The molecule has 0 bridgehead atoms. The molecule has 3 atom stereocenters. The van der Waals surface area contributed by atoms with Crippen LogP contribution in [0.4, 0.5) is 13.2 Å². The van der Waals surface area contributed by atoms with Gasteiger partial charge >= 0.3 is 0 Å². The molecule has 2 aromatic rings. The summed E-state index contributed by atoms with van der Waals surface area (Å²) in [7, 11) is 0. The number of ether oxygens (including phenoxy) is 1. The molecule has 0 saturated carbocycles. The molecular weight excluding hydrogens is 419 g/mol. The van der Waals surface area contributed by atoms with E-state index >= 15 is 4.39 Å². The maximum atomic E-state index is 15.9. The number of carbonyl (C=O) groups excluding carboxylic acids is 1. The highest BCUT2D eigenvalue weighted by atomic mass is 35.5. The van der Waals surface area contributed by atoms with Gasteiger partial charge in [-0.05, 0) is 36.8 Å². The molecule has 9 heteroatoms. The normalized spacial score (nSPS) is 30.6. The number of benzene rings is 1. The maximum Gasteiger partial charge on any atom is 0.185 e. The minimum atomic E-state index is -2.28. The fraction of sp³-hybridized carbons (Fsp3) is 0.381. The number of aliphatic imine (C=N–C) groups is 1. The topological polar surface area (TPSA) is 77.6 Å². The summed E-state index contributed by atoms with van der Waals surface area (Å²) in [4.78, 5) is 20.6. The van der Waals surface area contributed by atoms with Crippen molar-refractivity contribution in [3.8, 4) is 0 Å². The van der Waals surface area contributed by atoms with Crippen LogP contribution in [0.2, 0.25) is 5.02 Å². The zero-order valence-corrected chi connectivity index (χ0v) is 16.8. The number of amidine groups is 1. The lowest BCUT2D eigenvalue weighted by Crippen LogP contribution is -2.58. The molecule has 0 spiro atoms. The molecule has 1 aromatic heterocycles. The molecule has 0 radical (unpaired) electrons. The monoisotopic (exact) mass is 437 g/mol. The molecule has 0 aliphatic carbocycles. The molecule has 0 amide bonds. The largest absolute Gasteiger partial charge is 0.385 e. The Morgan fingerprint density at radius 1 is 1.27 bits per heavy atom. The van der Waals surface area contributed by atoms with E-state index in [2.05, 4.69) is 9.98 Å². The Morgan fingerprint density at radius 3 is 2.73 bits per heavy atom. The van der Waals surface area contributed by atoms with Crippen molar-refractivity contribution in [1.29, 1.82) is 0 Å². The fourth-order valence-electron chi connectivity index (χ4n) is 4.07. The Balaban J connectivity index is 1.74. The average Bonchev–Trinajstić information content (AvgIpc) is 2.99. The van der Waals surface area contributed by atoms with Gasteiger partial charge in [-0.25, -0.2) is 13.2 Å². The van der Waals surface area contributed by atoms with Crippen molar-refractivity contribution >= 4 is 23.2 Å². The molecule has 2 aliphatic rings. The number of hydrogen-bond acceptors (Lipinski definition) is 5. The van der Waals surface area contributed by atoms with Crippen molar-refractivity contribution < 1.29 is 22.7 Å². The van der Waals surface area contributed by atoms with E-state index in [0.29, 0.717) is 10.6 Å². The van der Waals surface area contributed by atoms with Gasteiger partial charge in [0.2, 0.25) is 0 Å². The zero-order valence-electron chi connectivity index (χ0n) is 16.1. The zero-order chi connectivity index (χ0) is 21.7. The van der Waals surface area contributed by atoms with Crippen LogP contribution in [-0.4, -0.2) is 41.2 Å². The van der Waals surface area contributed by atoms with Gasteiger partial charge in [-0.1, -0.05) is 17.7 Å². The molecular formula is C21H19ClF3N3O2. The summed E-state index contributed by atoms with van der Waals surface area (Å²) in [6, 6.07) is 6.95. The van der Waals surface area contributed by atoms with E-state index in [0.717, 1.165) is 13.0 Å². The molecule has 4 rings (SSSR count). The Kier molecular flexibility index (Phi) is 4.90. The average molecular weight is 438 g/mol. The van der Waals surface area contributed by atoms with Gasteiger partial charge in [-0.15, -0.1) is 0 Å². The van der Waals surface area contributed by atoms with Crippen LogP contribution in [-0.2, 0) is 16.7 Å². The fourth-order valence-corrected chi connectivity index (χ4v) is 4.19. The SMILES string of the molecule is C[C@]1(F)C[C@]2(F)COC[C@]2(c2cc(CC(=O)c3ccc(Cl)cn3)ccc2F)N=C1N. The van der Waals surface area contributed by atoms with E-state index in [1.54, 1.807) is 0 Å². The number of fused-ring (bicyclic) bond motifs is 1. The number of carbonyl (C=O) groups is 1. The van der Waals surface area contributed by atoms with Gasteiger partial charge in [-0.3, -0.25) is 14.8 Å². The standard InChI is InChI=1S/C21H19ClF3N3O2/c1-19(24)9-20(25)10-30-11-21(20,28-18(19)26)14-6-12(2-4-15(14)23)7-17(29)16-5-3-13(22)8-27-16/h2-6,8H,7,9-11H2,1H3,(H2,26,28)/t19-,20-,21+/m0/s1. The van der Waals surface area contributed by atoms with E-state index in [-0.39, 0.29) is 30.1 Å². The number of alkyl halides is 2. The lowest BCUT2D eigenvalue weighted by Gasteiger charge is -2.43. The summed E-state index contributed by atoms with van der Waals surface area (Å²) >= 11 is 5.78. The molecule has 5 nitrogen and oxygen atoms in total. The second-order valence-electron chi connectivity index (χ2n) is 7.97.